The average molecular weight is 490 g/mol. The molecule has 1 aliphatic rings. The zero-order valence-electron chi connectivity index (χ0n) is 20.7. The van der Waals surface area contributed by atoms with Crippen LogP contribution in [0.2, 0.25) is 0 Å². The number of aliphatic hydroxyl groups excluding tert-OH is 1. The van der Waals surface area contributed by atoms with Gasteiger partial charge in [0.05, 0.1) is 24.2 Å². The maximum absolute atomic E-state index is 13.6. The number of fused-ring (bicyclic) bond motifs is 1. The average Bonchev–Trinajstić information content (AvgIpc) is 3.56. The first kappa shape index (κ1) is 24.1. The quantitative estimate of drug-likeness (QED) is 0.292. The Balaban J connectivity index is 1.41. The van der Waals surface area contributed by atoms with Crippen LogP contribution in [0.3, 0.4) is 0 Å². The molecule has 0 aliphatic heterocycles. The van der Waals surface area contributed by atoms with Gasteiger partial charge in [0.2, 0.25) is 5.95 Å². The highest BCUT2D eigenvalue weighted by Gasteiger charge is 2.23. The standard InChI is InChI=1S/C27H32FN7O/c1-3-22(17(2)36)32-27-33-25(24-26(34-27)35(16-31-24)21-9-4-5-10-21)30-15-18-11-12-23(29-14-18)19-7-6-8-20(28)13-19/h6-8,11-14,16-17,21-22,36H,3-5,9-10,15H2,1-2H3,(H2,30,32,33,34)/t17-,22-/m1/s1. The molecule has 5 rings (SSSR count). The maximum Gasteiger partial charge on any atom is 0.227 e. The molecule has 3 heterocycles. The maximum atomic E-state index is 13.6. The molecule has 0 spiro atoms. The van der Waals surface area contributed by atoms with Crippen molar-refractivity contribution < 1.29 is 9.50 Å². The van der Waals surface area contributed by atoms with Gasteiger partial charge in [0.15, 0.2) is 17.0 Å². The molecular weight excluding hydrogens is 457 g/mol. The number of nitrogens with zero attached hydrogens (tertiary/aromatic N) is 5. The predicted octanol–water partition coefficient (Wildman–Crippen LogP) is 5.33. The smallest absolute Gasteiger partial charge is 0.227 e. The number of imidazole rings is 1. The molecule has 0 radical (unpaired) electrons. The highest BCUT2D eigenvalue weighted by atomic mass is 19.1. The van der Waals surface area contributed by atoms with Gasteiger partial charge in [-0.05, 0) is 49.9 Å². The Labute approximate surface area is 210 Å². The summed E-state index contributed by atoms with van der Waals surface area (Å²) in [5, 5.41) is 16.8. The van der Waals surface area contributed by atoms with Gasteiger partial charge in [0.25, 0.3) is 0 Å². The molecule has 9 heteroatoms. The first-order valence-corrected chi connectivity index (χ1v) is 12.7. The monoisotopic (exact) mass is 489 g/mol. The van der Waals surface area contributed by atoms with Crippen LogP contribution in [0.1, 0.15) is 57.6 Å². The van der Waals surface area contributed by atoms with E-state index in [4.69, 9.17) is 9.97 Å². The second kappa shape index (κ2) is 10.6. The molecule has 1 aromatic carbocycles. The summed E-state index contributed by atoms with van der Waals surface area (Å²) in [6.07, 6.45) is 8.52. The van der Waals surface area contributed by atoms with Gasteiger partial charge in [-0.1, -0.05) is 38.0 Å². The summed E-state index contributed by atoms with van der Waals surface area (Å²) in [5.74, 6) is 0.821. The summed E-state index contributed by atoms with van der Waals surface area (Å²) in [7, 11) is 0. The topological polar surface area (TPSA) is 101 Å². The van der Waals surface area contributed by atoms with Gasteiger partial charge >= 0.3 is 0 Å². The Hall–Kier alpha value is -3.59. The number of aliphatic hydroxyl groups is 1. The fraction of sp³-hybridized carbons (Fsp3) is 0.407. The zero-order valence-corrected chi connectivity index (χ0v) is 20.7. The van der Waals surface area contributed by atoms with Gasteiger partial charge in [-0.3, -0.25) is 4.98 Å². The fourth-order valence-electron chi connectivity index (χ4n) is 4.82. The highest BCUT2D eigenvalue weighted by Crippen LogP contribution is 2.33. The number of pyridine rings is 1. The predicted molar refractivity (Wildman–Crippen MR) is 139 cm³/mol. The minimum Gasteiger partial charge on any atom is -0.391 e. The van der Waals surface area contributed by atoms with Crippen LogP contribution < -0.4 is 10.6 Å². The first-order valence-electron chi connectivity index (χ1n) is 12.7. The van der Waals surface area contributed by atoms with E-state index < -0.39 is 6.10 Å². The largest absolute Gasteiger partial charge is 0.391 e. The minimum absolute atomic E-state index is 0.155. The lowest BCUT2D eigenvalue weighted by molar-refractivity contribution is 0.169. The van der Waals surface area contributed by atoms with Gasteiger partial charge in [0, 0.05) is 24.3 Å². The summed E-state index contributed by atoms with van der Waals surface area (Å²) in [4.78, 5) is 18.7. The van der Waals surface area contributed by atoms with Crippen LogP contribution >= 0.6 is 0 Å². The number of hydrogen-bond donors (Lipinski definition) is 3. The summed E-state index contributed by atoms with van der Waals surface area (Å²) in [6, 6.07) is 10.5. The summed E-state index contributed by atoms with van der Waals surface area (Å²) >= 11 is 0. The van der Waals surface area contributed by atoms with E-state index >= 15 is 0 Å². The van der Waals surface area contributed by atoms with E-state index in [2.05, 4.69) is 25.2 Å². The van der Waals surface area contributed by atoms with Gasteiger partial charge < -0.3 is 20.3 Å². The summed E-state index contributed by atoms with van der Waals surface area (Å²) in [6.45, 7) is 4.28. The van der Waals surface area contributed by atoms with E-state index in [0.29, 0.717) is 30.0 Å². The molecule has 3 N–H and O–H groups in total. The van der Waals surface area contributed by atoms with Crippen LogP contribution in [0.25, 0.3) is 22.4 Å². The van der Waals surface area contributed by atoms with Crippen LogP contribution in [-0.2, 0) is 6.54 Å². The number of rotatable bonds is 9. The molecule has 0 amide bonds. The van der Waals surface area contributed by atoms with Gasteiger partial charge in [-0.2, -0.15) is 9.97 Å². The molecule has 1 aliphatic carbocycles. The normalized spacial score (nSPS) is 15.8. The van der Waals surface area contributed by atoms with Crippen LogP contribution in [0.5, 0.6) is 0 Å². The first-order chi connectivity index (χ1) is 17.5. The van der Waals surface area contributed by atoms with E-state index in [1.54, 1.807) is 19.2 Å². The molecule has 1 fully saturated rings. The molecule has 0 unspecified atom stereocenters. The molecule has 8 nitrogen and oxygen atoms in total. The van der Waals surface area contributed by atoms with E-state index in [-0.39, 0.29) is 11.9 Å². The second-order valence-corrected chi connectivity index (χ2v) is 9.47. The van der Waals surface area contributed by atoms with Crippen molar-refractivity contribution in [2.45, 2.75) is 70.7 Å². The minimum atomic E-state index is -0.534. The Kier molecular flexibility index (Phi) is 7.09. The summed E-state index contributed by atoms with van der Waals surface area (Å²) in [5.41, 5.74) is 3.93. The fourth-order valence-corrected chi connectivity index (χ4v) is 4.82. The van der Waals surface area contributed by atoms with Crippen molar-refractivity contribution >= 4 is 22.9 Å². The molecule has 1 saturated carbocycles. The SMILES string of the molecule is CC[C@@H](Nc1nc(NCc2ccc(-c3cccc(F)c3)nc2)c2ncn(C3CCCC3)c2n1)[C@@H](C)O. The molecule has 3 aromatic heterocycles. The molecular formula is C27H32FN7O. The van der Waals surface area contributed by atoms with Crippen molar-refractivity contribution in [1.29, 1.82) is 0 Å². The molecule has 2 atom stereocenters. The van der Waals surface area contributed by atoms with Crippen LogP contribution in [0.15, 0.2) is 48.9 Å². The van der Waals surface area contributed by atoms with Gasteiger partial charge in [0.1, 0.15) is 5.82 Å². The highest BCUT2D eigenvalue weighted by molar-refractivity contribution is 5.84. The number of hydrogen-bond acceptors (Lipinski definition) is 7. The van der Waals surface area contributed by atoms with E-state index in [1.165, 1.54) is 25.0 Å². The Morgan fingerprint density at radius 1 is 1.14 bits per heavy atom. The van der Waals surface area contributed by atoms with Crippen molar-refractivity contribution in [3.05, 3.63) is 60.3 Å². The number of nitrogens with one attached hydrogen (secondary N) is 2. The van der Waals surface area contributed by atoms with Crippen molar-refractivity contribution in [3.63, 3.8) is 0 Å². The van der Waals surface area contributed by atoms with Crippen molar-refractivity contribution in [2.24, 2.45) is 0 Å². The van der Waals surface area contributed by atoms with Crippen molar-refractivity contribution in [1.82, 2.24) is 24.5 Å². The van der Waals surface area contributed by atoms with E-state index in [1.807, 2.05) is 31.5 Å². The zero-order chi connectivity index (χ0) is 25.1. The van der Waals surface area contributed by atoms with E-state index in [9.17, 15) is 9.50 Å². The molecule has 4 aromatic rings. The molecule has 36 heavy (non-hydrogen) atoms. The van der Waals surface area contributed by atoms with Crippen LogP contribution in [0.4, 0.5) is 16.2 Å². The number of halogens is 1. The second-order valence-electron chi connectivity index (χ2n) is 9.47. The van der Waals surface area contributed by atoms with Crippen molar-refractivity contribution in [2.75, 3.05) is 10.6 Å². The van der Waals surface area contributed by atoms with Crippen LogP contribution in [0, 0.1) is 5.82 Å². The lowest BCUT2D eigenvalue weighted by Crippen LogP contribution is -2.31. The Bertz CT molecular complexity index is 1320. The third kappa shape index (κ3) is 5.16. The third-order valence-electron chi connectivity index (χ3n) is 6.88. The van der Waals surface area contributed by atoms with E-state index in [0.717, 1.165) is 41.6 Å². The summed E-state index contributed by atoms with van der Waals surface area (Å²) < 4.78 is 15.7. The Morgan fingerprint density at radius 3 is 2.67 bits per heavy atom. The van der Waals surface area contributed by atoms with Gasteiger partial charge in [-0.15, -0.1) is 0 Å². The molecule has 0 saturated heterocycles. The lowest BCUT2D eigenvalue weighted by Gasteiger charge is -2.20. The van der Waals surface area contributed by atoms with Gasteiger partial charge in [-0.25, -0.2) is 9.37 Å². The third-order valence-corrected chi connectivity index (χ3v) is 6.88. The number of aromatic nitrogens is 5. The Morgan fingerprint density at radius 2 is 1.97 bits per heavy atom. The van der Waals surface area contributed by atoms with Crippen LogP contribution in [-0.4, -0.2) is 41.8 Å². The molecule has 0 bridgehead atoms. The van der Waals surface area contributed by atoms with Crippen molar-refractivity contribution in [3.8, 4) is 11.3 Å². The number of benzene rings is 1. The lowest BCUT2D eigenvalue weighted by atomic mass is 10.1. The molecule has 188 valence electrons. The number of anilines is 2.